The Hall–Kier alpha value is -3.42. The second-order valence-corrected chi connectivity index (χ2v) is 12.5. The first-order valence-electron chi connectivity index (χ1n) is 11.5. The average molecular weight is 549 g/mol. The maximum Gasteiger partial charge on any atom is 0.294 e. The minimum atomic E-state index is -4.44. The Bertz CT molecular complexity index is 1550. The summed E-state index contributed by atoms with van der Waals surface area (Å²) in [6.07, 6.45) is 0.469. The Balaban J connectivity index is 1.52. The number of amides is 4. The fourth-order valence-electron chi connectivity index (χ4n) is 4.62. The molecule has 11 nitrogen and oxygen atoms in total. The van der Waals surface area contributed by atoms with Crippen molar-refractivity contribution in [2.75, 3.05) is 5.75 Å². The van der Waals surface area contributed by atoms with Gasteiger partial charge >= 0.3 is 0 Å². The number of piperidine rings is 1. The lowest BCUT2D eigenvalue weighted by Crippen LogP contribution is -2.54. The standard InChI is InChI=1S/C24H24N2O9S2/c1-14-8-10-18(37(33,34)35)15(13-14)5-2-3-12-36(31,32)19-7-4-6-16-21(19)24(30)26(23(16)29)17-9-11-20(27)25-22(17)28/h4,6-8,10,13,17H,2-3,5,9,11-12H2,1H3,(H,25,27,28)(H,33,34,35). The molecule has 0 aliphatic carbocycles. The lowest BCUT2D eigenvalue weighted by Gasteiger charge is -2.27. The molecule has 2 heterocycles. The van der Waals surface area contributed by atoms with E-state index in [1.54, 1.807) is 19.1 Å². The van der Waals surface area contributed by atoms with E-state index in [2.05, 4.69) is 5.32 Å². The first-order valence-corrected chi connectivity index (χ1v) is 14.5. The van der Waals surface area contributed by atoms with Gasteiger partial charge in [-0.05, 0) is 56.4 Å². The molecule has 1 unspecified atom stereocenters. The van der Waals surface area contributed by atoms with Crippen LogP contribution < -0.4 is 5.32 Å². The van der Waals surface area contributed by atoms with Crippen molar-refractivity contribution < 1.29 is 40.6 Å². The predicted molar refractivity (Wildman–Crippen MR) is 129 cm³/mol. The second kappa shape index (κ2) is 9.80. The summed E-state index contributed by atoms with van der Waals surface area (Å²) in [4.78, 5) is 50.0. The van der Waals surface area contributed by atoms with Crippen molar-refractivity contribution in [3.8, 4) is 0 Å². The van der Waals surface area contributed by atoms with Crippen LogP contribution in [-0.4, -0.2) is 61.7 Å². The normalized spacial score (nSPS) is 18.2. The molecular formula is C24H24N2O9S2. The highest BCUT2D eigenvalue weighted by molar-refractivity contribution is 7.91. The van der Waals surface area contributed by atoms with E-state index in [1.165, 1.54) is 24.3 Å². The number of benzene rings is 2. The van der Waals surface area contributed by atoms with Crippen LogP contribution in [0, 0.1) is 6.92 Å². The highest BCUT2D eigenvalue weighted by Gasteiger charge is 2.46. The van der Waals surface area contributed by atoms with E-state index in [9.17, 15) is 40.6 Å². The van der Waals surface area contributed by atoms with Crippen molar-refractivity contribution >= 4 is 43.6 Å². The summed E-state index contributed by atoms with van der Waals surface area (Å²) in [5.41, 5.74) is 0.706. The molecule has 0 aromatic heterocycles. The van der Waals surface area contributed by atoms with Crippen molar-refractivity contribution in [2.24, 2.45) is 0 Å². The third kappa shape index (κ3) is 5.20. The van der Waals surface area contributed by atoms with Crippen LogP contribution in [-0.2, 0) is 36.0 Å². The highest BCUT2D eigenvalue weighted by atomic mass is 32.2. The maximum absolute atomic E-state index is 13.2. The zero-order valence-electron chi connectivity index (χ0n) is 19.8. The van der Waals surface area contributed by atoms with Crippen molar-refractivity contribution in [1.82, 2.24) is 10.2 Å². The van der Waals surface area contributed by atoms with Crippen molar-refractivity contribution in [3.05, 3.63) is 58.7 Å². The largest absolute Gasteiger partial charge is 0.295 e. The summed E-state index contributed by atoms with van der Waals surface area (Å²) in [6, 6.07) is 7.11. The van der Waals surface area contributed by atoms with Gasteiger partial charge in [-0.2, -0.15) is 8.42 Å². The minimum Gasteiger partial charge on any atom is -0.295 e. The molecule has 4 rings (SSSR count). The molecule has 0 spiro atoms. The van der Waals surface area contributed by atoms with Gasteiger partial charge in [0, 0.05) is 6.42 Å². The van der Waals surface area contributed by atoms with Crippen molar-refractivity contribution in [1.29, 1.82) is 0 Å². The predicted octanol–water partition coefficient (Wildman–Crippen LogP) is 1.44. The van der Waals surface area contributed by atoms with Crippen molar-refractivity contribution in [2.45, 2.75) is 54.9 Å². The van der Waals surface area contributed by atoms with Crippen LogP contribution in [0.5, 0.6) is 0 Å². The molecule has 2 aromatic rings. The Kier molecular flexibility index (Phi) is 7.06. The molecule has 4 amide bonds. The second-order valence-electron chi connectivity index (χ2n) is 8.99. The first-order chi connectivity index (χ1) is 17.3. The number of imide groups is 2. The zero-order chi connectivity index (χ0) is 27.1. The molecule has 2 aliphatic rings. The molecule has 1 atom stereocenters. The van der Waals surface area contributed by atoms with Crippen LogP contribution in [0.1, 0.15) is 57.5 Å². The fourth-order valence-corrected chi connectivity index (χ4v) is 6.95. The van der Waals surface area contributed by atoms with Gasteiger partial charge in [-0.25, -0.2) is 8.42 Å². The number of nitrogens with zero attached hydrogens (tertiary/aromatic N) is 1. The Labute approximate surface area is 213 Å². The van der Waals surface area contributed by atoms with Gasteiger partial charge in [0.25, 0.3) is 21.9 Å². The van der Waals surface area contributed by atoms with Crippen LogP contribution in [0.3, 0.4) is 0 Å². The molecule has 2 aromatic carbocycles. The van der Waals surface area contributed by atoms with Crippen LogP contribution in [0.2, 0.25) is 0 Å². The Morgan fingerprint density at radius 1 is 0.973 bits per heavy atom. The van der Waals surface area contributed by atoms with Crippen LogP contribution >= 0.6 is 0 Å². The zero-order valence-corrected chi connectivity index (χ0v) is 21.4. The first kappa shape index (κ1) is 26.6. The van der Waals surface area contributed by atoms with Crippen LogP contribution in [0.15, 0.2) is 46.2 Å². The van der Waals surface area contributed by atoms with Crippen LogP contribution in [0.4, 0.5) is 0 Å². The summed E-state index contributed by atoms with van der Waals surface area (Å²) >= 11 is 0. The van der Waals surface area contributed by atoms with Gasteiger partial charge in [0.15, 0.2) is 9.84 Å². The third-order valence-electron chi connectivity index (χ3n) is 6.37. The summed E-state index contributed by atoms with van der Waals surface area (Å²) < 4.78 is 59.1. The molecule has 196 valence electrons. The summed E-state index contributed by atoms with van der Waals surface area (Å²) in [5.74, 6) is -3.41. The topological polar surface area (TPSA) is 172 Å². The number of unbranched alkanes of at least 4 members (excludes halogenated alkanes) is 1. The molecule has 1 saturated heterocycles. The number of sulfone groups is 1. The number of fused-ring (bicyclic) bond motifs is 1. The number of carbonyl (C=O) groups is 4. The van der Waals surface area contributed by atoms with E-state index in [-0.39, 0.29) is 58.8 Å². The Morgan fingerprint density at radius 2 is 1.70 bits per heavy atom. The summed E-state index contributed by atoms with van der Waals surface area (Å²) in [7, 11) is -8.48. The number of rotatable bonds is 8. The van der Waals surface area contributed by atoms with Gasteiger partial charge in [-0.3, -0.25) is 33.9 Å². The molecule has 37 heavy (non-hydrogen) atoms. The number of hydrogen-bond acceptors (Lipinski definition) is 8. The van der Waals surface area contributed by atoms with Crippen LogP contribution in [0.25, 0.3) is 0 Å². The van der Waals surface area contributed by atoms with E-state index in [0.29, 0.717) is 10.5 Å². The van der Waals surface area contributed by atoms with E-state index in [1.807, 2.05) is 0 Å². The third-order valence-corrected chi connectivity index (χ3v) is 9.16. The molecule has 13 heteroatoms. The summed E-state index contributed by atoms with van der Waals surface area (Å²) in [5, 5.41) is 2.09. The quantitative estimate of drug-likeness (QED) is 0.281. The Morgan fingerprint density at radius 3 is 2.38 bits per heavy atom. The number of nitrogens with one attached hydrogen (secondary N) is 1. The molecule has 2 N–H and O–H groups in total. The van der Waals surface area contributed by atoms with E-state index in [4.69, 9.17) is 0 Å². The maximum atomic E-state index is 13.2. The SMILES string of the molecule is Cc1ccc(S(=O)(=O)O)c(CCCCS(=O)(=O)c2cccc3c2C(=O)N(C2CCC(=O)NC2=O)C3=O)c1. The van der Waals surface area contributed by atoms with Gasteiger partial charge in [0.05, 0.1) is 26.7 Å². The monoisotopic (exact) mass is 548 g/mol. The van der Waals surface area contributed by atoms with Gasteiger partial charge in [0.2, 0.25) is 11.8 Å². The lowest BCUT2D eigenvalue weighted by molar-refractivity contribution is -0.136. The minimum absolute atomic E-state index is 0.0529. The number of carbonyl (C=O) groups excluding carboxylic acids is 4. The molecule has 0 radical (unpaired) electrons. The van der Waals surface area contributed by atoms with Gasteiger partial charge in [0.1, 0.15) is 6.04 Å². The molecule has 0 bridgehead atoms. The van der Waals surface area contributed by atoms with Gasteiger partial charge in [-0.1, -0.05) is 23.8 Å². The number of aryl methyl sites for hydroxylation is 2. The van der Waals surface area contributed by atoms with E-state index >= 15 is 0 Å². The smallest absolute Gasteiger partial charge is 0.294 e. The van der Waals surface area contributed by atoms with Gasteiger partial charge < -0.3 is 0 Å². The highest BCUT2D eigenvalue weighted by Crippen LogP contribution is 2.32. The van der Waals surface area contributed by atoms with Gasteiger partial charge in [-0.15, -0.1) is 0 Å². The van der Waals surface area contributed by atoms with E-state index in [0.717, 1.165) is 5.56 Å². The van der Waals surface area contributed by atoms with E-state index < -0.39 is 49.6 Å². The number of hydrogen-bond donors (Lipinski definition) is 2. The molecule has 1 fully saturated rings. The fraction of sp³-hybridized carbons (Fsp3) is 0.333. The summed E-state index contributed by atoms with van der Waals surface area (Å²) in [6.45, 7) is 1.76. The molecule has 2 aliphatic heterocycles. The molecular weight excluding hydrogens is 524 g/mol. The average Bonchev–Trinajstić information content (AvgIpc) is 3.06. The molecule has 0 saturated carbocycles. The van der Waals surface area contributed by atoms with Crippen molar-refractivity contribution in [3.63, 3.8) is 0 Å². The lowest BCUT2D eigenvalue weighted by atomic mass is 10.0.